The standard InChI is InChI=1S/C65H110O6/c1-4-7-10-13-16-19-22-25-28-31-32-35-38-41-44-47-50-53-56-59-65(68)71-62(60-69-63(66)57-54-51-48-45-42-39-36-33-29-26-23-20-17-14-11-8-5-2)61-70-64(67)58-55-52-49-46-43-40-37-34-30-27-24-21-18-15-12-9-6-3/h7,10,16,19,25-30,32,35,41,44,50,53,62H,4-6,8-9,11-15,17-18,20-24,31,33-34,36-40,42-43,45-49,51-52,54-61H2,1-3H3/b10-7-,19-16-,28-25-,29-26-,30-27-,35-32-,44-41-,53-50-. The van der Waals surface area contributed by atoms with Crippen molar-refractivity contribution in [1.29, 1.82) is 0 Å². The van der Waals surface area contributed by atoms with E-state index in [0.717, 1.165) is 77.0 Å². The van der Waals surface area contributed by atoms with Crippen LogP contribution in [0.4, 0.5) is 0 Å². The molecule has 0 aromatic rings. The molecule has 0 aliphatic rings. The molecule has 0 atom stereocenters. The fourth-order valence-electron chi connectivity index (χ4n) is 8.11. The van der Waals surface area contributed by atoms with E-state index in [9.17, 15) is 14.4 Å². The van der Waals surface area contributed by atoms with E-state index in [-0.39, 0.29) is 31.6 Å². The minimum Gasteiger partial charge on any atom is -0.462 e. The van der Waals surface area contributed by atoms with Gasteiger partial charge in [0.25, 0.3) is 0 Å². The van der Waals surface area contributed by atoms with E-state index < -0.39 is 12.1 Å². The molecule has 0 aliphatic carbocycles. The van der Waals surface area contributed by atoms with Gasteiger partial charge in [0.15, 0.2) is 6.10 Å². The average Bonchev–Trinajstić information content (AvgIpc) is 3.37. The summed E-state index contributed by atoms with van der Waals surface area (Å²) in [6, 6.07) is 0. The van der Waals surface area contributed by atoms with Crippen molar-refractivity contribution in [1.82, 2.24) is 0 Å². The van der Waals surface area contributed by atoms with Crippen molar-refractivity contribution in [2.75, 3.05) is 13.2 Å². The zero-order valence-corrected chi connectivity index (χ0v) is 46.5. The van der Waals surface area contributed by atoms with Gasteiger partial charge in [-0.05, 0) is 109 Å². The molecule has 0 aromatic carbocycles. The molecule has 0 saturated carbocycles. The molecule has 6 nitrogen and oxygen atoms in total. The van der Waals surface area contributed by atoms with Crippen molar-refractivity contribution in [3.05, 3.63) is 97.2 Å². The maximum Gasteiger partial charge on any atom is 0.306 e. The van der Waals surface area contributed by atoms with E-state index in [1.807, 2.05) is 6.08 Å². The van der Waals surface area contributed by atoms with Gasteiger partial charge >= 0.3 is 17.9 Å². The lowest BCUT2D eigenvalue weighted by Crippen LogP contribution is -2.30. The summed E-state index contributed by atoms with van der Waals surface area (Å²) in [6.45, 7) is 6.46. The Labute approximate surface area is 438 Å². The average molecular weight is 988 g/mol. The molecule has 0 aliphatic heterocycles. The number of allylic oxidation sites excluding steroid dienone is 16. The summed E-state index contributed by atoms with van der Waals surface area (Å²) in [7, 11) is 0. The zero-order chi connectivity index (χ0) is 51.4. The van der Waals surface area contributed by atoms with Crippen LogP contribution in [0.25, 0.3) is 0 Å². The van der Waals surface area contributed by atoms with Crippen LogP contribution in [-0.4, -0.2) is 37.2 Å². The first-order valence-electron chi connectivity index (χ1n) is 29.7. The summed E-state index contributed by atoms with van der Waals surface area (Å²) < 4.78 is 16.8. The SMILES string of the molecule is CC/C=C\C/C=C\C/C=C\C/C=C\C/C=C\C/C=C\CCC(=O)OC(COC(=O)CCCCCCCCC/C=C\CCCCCCCC)COC(=O)CCCCCCCCC/C=C\CCCCCCCC. The van der Waals surface area contributed by atoms with E-state index in [0.29, 0.717) is 19.3 Å². The second-order valence-corrected chi connectivity index (χ2v) is 19.5. The Morgan fingerprint density at radius 2 is 0.577 bits per heavy atom. The maximum atomic E-state index is 12.8. The predicted molar refractivity (Wildman–Crippen MR) is 307 cm³/mol. The van der Waals surface area contributed by atoms with Crippen LogP contribution >= 0.6 is 0 Å². The van der Waals surface area contributed by atoms with Crippen molar-refractivity contribution in [2.24, 2.45) is 0 Å². The molecule has 0 radical (unpaired) electrons. The van der Waals surface area contributed by atoms with Gasteiger partial charge in [0.05, 0.1) is 0 Å². The Kier molecular flexibility index (Phi) is 55.9. The molecule has 6 heteroatoms. The summed E-state index contributed by atoms with van der Waals surface area (Å²) in [6.07, 6.45) is 78.4. The number of carbonyl (C=O) groups is 3. The van der Waals surface area contributed by atoms with Crippen molar-refractivity contribution in [3.63, 3.8) is 0 Å². The van der Waals surface area contributed by atoms with Gasteiger partial charge in [-0.2, -0.15) is 0 Å². The number of carbonyl (C=O) groups excluding carboxylic acids is 3. The number of rotatable bonds is 53. The Hall–Kier alpha value is -3.67. The van der Waals surface area contributed by atoms with Crippen molar-refractivity contribution < 1.29 is 28.6 Å². The minimum atomic E-state index is -0.823. The number of hydrogen-bond acceptors (Lipinski definition) is 6. The molecule has 0 aromatic heterocycles. The summed E-state index contributed by atoms with van der Waals surface area (Å²) in [5.74, 6) is -0.999. The van der Waals surface area contributed by atoms with E-state index >= 15 is 0 Å². The lowest BCUT2D eigenvalue weighted by atomic mass is 10.1. The first-order valence-corrected chi connectivity index (χ1v) is 29.7. The van der Waals surface area contributed by atoms with E-state index in [2.05, 4.69) is 112 Å². The minimum absolute atomic E-state index is 0.111. The van der Waals surface area contributed by atoms with Crippen LogP contribution < -0.4 is 0 Å². The number of unbranched alkanes of at least 4 members (excludes halogenated alkanes) is 26. The van der Waals surface area contributed by atoms with Gasteiger partial charge in [0.1, 0.15) is 13.2 Å². The van der Waals surface area contributed by atoms with Gasteiger partial charge in [-0.1, -0.05) is 246 Å². The van der Waals surface area contributed by atoms with Crippen LogP contribution in [0.2, 0.25) is 0 Å². The smallest absolute Gasteiger partial charge is 0.306 e. The van der Waals surface area contributed by atoms with Crippen LogP contribution in [0, 0.1) is 0 Å². The largest absolute Gasteiger partial charge is 0.462 e. The molecule has 0 heterocycles. The highest BCUT2D eigenvalue weighted by molar-refractivity contribution is 5.71. The third-order valence-electron chi connectivity index (χ3n) is 12.6. The molecule has 71 heavy (non-hydrogen) atoms. The number of ether oxygens (including phenoxy) is 3. The molecule has 0 rings (SSSR count). The Bertz CT molecular complexity index is 1350. The second-order valence-electron chi connectivity index (χ2n) is 19.5. The molecular formula is C65H110O6. The van der Waals surface area contributed by atoms with Gasteiger partial charge in [0, 0.05) is 19.3 Å². The maximum absolute atomic E-state index is 12.8. The summed E-state index contributed by atoms with van der Waals surface area (Å²) in [4.78, 5) is 38.2. The Morgan fingerprint density at radius 3 is 0.915 bits per heavy atom. The highest BCUT2D eigenvalue weighted by Crippen LogP contribution is 2.15. The highest BCUT2D eigenvalue weighted by Gasteiger charge is 2.19. The predicted octanol–water partition coefficient (Wildman–Crippen LogP) is 20.1. The summed E-state index contributed by atoms with van der Waals surface area (Å²) in [5, 5.41) is 0. The molecule has 0 amide bonds. The lowest BCUT2D eigenvalue weighted by molar-refractivity contribution is -0.166. The molecule has 0 spiro atoms. The van der Waals surface area contributed by atoms with Crippen molar-refractivity contribution >= 4 is 17.9 Å². The molecule has 0 unspecified atom stereocenters. The van der Waals surface area contributed by atoms with Crippen LogP contribution in [0.1, 0.15) is 278 Å². The molecular weight excluding hydrogens is 877 g/mol. The third kappa shape index (κ3) is 57.1. The van der Waals surface area contributed by atoms with Crippen LogP contribution in [0.3, 0.4) is 0 Å². The normalized spacial score (nSPS) is 12.4. The molecule has 0 N–H and O–H groups in total. The van der Waals surface area contributed by atoms with Crippen LogP contribution in [0.15, 0.2) is 97.2 Å². The number of hydrogen-bond donors (Lipinski definition) is 0. The van der Waals surface area contributed by atoms with Gasteiger partial charge in [-0.3, -0.25) is 14.4 Å². The highest BCUT2D eigenvalue weighted by atomic mass is 16.6. The summed E-state index contributed by atoms with van der Waals surface area (Å²) >= 11 is 0. The fraction of sp³-hybridized carbons (Fsp3) is 0.708. The fourth-order valence-corrected chi connectivity index (χ4v) is 8.11. The Balaban J connectivity index is 4.51. The van der Waals surface area contributed by atoms with Gasteiger partial charge < -0.3 is 14.2 Å². The van der Waals surface area contributed by atoms with E-state index in [4.69, 9.17) is 14.2 Å². The molecule has 0 saturated heterocycles. The van der Waals surface area contributed by atoms with Crippen molar-refractivity contribution in [3.8, 4) is 0 Å². The first kappa shape index (κ1) is 67.3. The zero-order valence-electron chi connectivity index (χ0n) is 46.5. The van der Waals surface area contributed by atoms with Crippen LogP contribution in [-0.2, 0) is 28.6 Å². The van der Waals surface area contributed by atoms with E-state index in [1.54, 1.807) is 0 Å². The Morgan fingerprint density at radius 1 is 0.296 bits per heavy atom. The first-order chi connectivity index (χ1) is 35.0. The second kappa shape index (κ2) is 58.9. The quantitative estimate of drug-likeness (QED) is 0.0261. The van der Waals surface area contributed by atoms with Gasteiger partial charge in [-0.15, -0.1) is 0 Å². The topological polar surface area (TPSA) is 78.9 Å². The molecule has 0 bridgehead atoms. The number of esters is 3. The molecule has 406 valence electrons. The van der Waals surface area contributed by atoms with Crippen molar-refractivity contribution in [2.45, 2.75) is 284 Å². The monoisotopic (exact) mass is 987 g/mol. The van der Waals surface area contributed by atoms with Crippen LogP contribution in [0.5, 0.6) is 0 Å². The van der Waals surface area contributed by atoms with Gasteiger partial charge in [-0.25, -0.2) is 0 Å². The molecule has 0 fully saturated rings. The third-order valence-corrected chi connectivity index (χ3v) is 12.6. The summed E-state index contributed by atoms with van der Waals surface area (Å²) in [5.41, 5.74) is 0. The van der Waals surface area contributed by atoms with Gasteiger partial charge in [0.2, 0.25) is 0 Å². The van der Waals surface area contributed by atoms with E-state index in [1.165, 1.54) is 154 Å². The lowest BCUT2D eigenvalue weighted by Gasteiger charge is -2.18.